The maximum atomic E-state index is 12.5. The summed E-state index contributed by atoms with van der Waals surface area (Å²) in [6.45, 7) is 4.25. The van der Waals surface area contributed by atoms with Gasteiger partial charge in [-0.15, -0.1) is 0 Å². The van der Waals surface area contributed by atoms with Crippen LogP contribution in [0.1, 0.15) is 264 Å². The molecule has 0 saturated heterocycles. The molecular weight excluding hydrogens is 655 g/mol. The third-order valence-corrected chi connectivity index (χ3v) is 11.4. The molecule has 0 rings (SSSR count). The van der Waals surface area contributed by atoms with Gasteiger partial charge in [-0.1, -0.05) is 238 Å². The van der Waals surface area contributed by atoms with Crippen LogP contribution in [0, 0.1) is 0 Å². The number of nitrogens with one attached hydrogen (secondary N) is 1. The molecule has 1 amide bonds. The Morgan fingerprint density at radius 2 is 0.717 bits per heavy atom. The number of hydrogen-bond acceptors (Lipinski definition) is 4. The Kier molecular flexibility index (Phi) is 43.1. The summed E-state index contributed by atoms with van der Waals surface area (Å²) in [7, 11) is 0. The number of hydrogen-bond donors (Lipinski definition) is 4. The van der Waals surface area contributed by atoms with Gasteiger partial charge in [0.1, 0.15) is 6.10 Å². The molecule has 5 nitrogen and oxygen atoms in total. The predicted molar refractivity (Wildman–Crippen MR) is 232 cm³/mol. The third-order valence-electron chi connectivity index (χ3n) is 11.4. The zero-order valence-electron chi connectivity index (χ0n) is 35.9. The lowest BCUT2D eigenvalue weighted by Crippen LogP contribution is -2.49. The Balaban J connectivity index is 3.59. The summed E-state index contributed by atoms with van der Waals surface area (Å²) in [6, 6.07) is -0.711. The van der Waals surface area contributed by atoms with Gasteiger partial charge in [0.05, 0.1) is 18.8 Å². The molecule has 5 heteroatoms. The normalized spacial score (nSPS) is 13.5. The summed E-state index contributed by atoms with van der Waals surface area (Å²) in [5.41, 5.74) is 0. The SMILES string of the molecule is CCCCCCCCCCCCC/C=C\CCCCCCCCC(O)C(=O)NC(CO)C(O)CCCCCCCCCCCCCCCCCCCC. The molecule has 0 fully saturated rings. The van der Waals surface area contributed by atoms with Crippen molar-refractivity contribution < 1.29 is 20.1 Å². The maximum absolute atomic E-state index is 12.5. The molecule has 316 valence electrons. The van der Waals surface area contributed by atoms with Crippen LogP contribution in [0.2, 0.25) is 0 Å². The summed E-state index contributed by atoms with van der Waals surface area (Å²) in [5, 5.41) is 33.4. The highest BCUT2D eigenvalue weighted by atomic mass is 16.3. The minimum absolute atomic E-state index is 0.312. The molecule has 0 saturated carbocycles. The molecule has 0 spiro atoms. The first kappa shape index (κ1) is 52.1. The van der Waals surface area contributed by atoms with Crippen LogP contribution < -0.4 is 5.32 Å². The second-order valence-electron chi connectivity index (χ2n) is 16.7. The van der Waals surface area contributed by atoms with Crippen molar-refractivity contribution in [3.63, 3.8) is 0 Å². The topological polar surface area (TPSA) is 89.8 Å². The summed E-state index contributed by atoms with van der Waals surface area (Å²) in [4.78, 5) is 12.5. The Morgan fingerprint density at radius 1 is 0.434 bits per heavy atom. The molecule has 0 aromatic heterocycles. The lowest BCUT2D eigenvalue weighted by atomic mass is 10.0. The first-order chi connectivity index (χ1) is 26.1. The van der Waals surface area contributed by atoms with Crippen LogP contribution in [0.3, 0.4) is 0 Å². The molecule has 4 N–H and O–H groups in total. The summed E-state index contributed by atoms with van der Waals surface area (Å²) < 4.78 is 0. The average molecular weight is 750 g/mol. The van der Waals surface area contributed by atoms with Crippen molar-refractivity contribution in [2.75, 3.05) is 6.61 Å². The second kappa shape index (κ2) is 43.8. The number of aliphatic hydroxyl groups is 3. The smallest absolute Gasteiger partial charge is 0.249 e. The minimum atomic E-state index is -1.08. The molecule has 0 heterocycles. The van der Waals surface area contributed by atoms with E-state index in [1.54, 1.807) is 0 Å². The number of carbonyl (C=O) groups is 1. The minimum Gasteiger partial charge on any atom is -0.394 e. The van der Waals surface area contributed by atoms with Gasteiger partial charge in [-0.05, 0) is 38.5 Å². The van der Waals surface area contributed by atoms with Gasteiger partial charge in [-0.2, -0.15) is 0 Å². The van der Waals surface area contributed by atoms with Crippen molar-refractivity contribution in [1.82, 2.24) is 5.32 Å². The molecule has 3 unspecified atom stereocenters. The van der Waals surface area contributed by atoms with Gasteiger partial charge in [0.15, 0.2) is 0 Å². The predicted octanol–water partition coefficient (Wildman–Crippen LogP) is 14.0. The van der Waals surface area contributed by atoms with Crippen LogP contribution in [-0.2, 0) is 4.79 Å². The van der Waals surface area contributed by atoms with E-state index in [-0.39, 0.29) is 6.61 Å². The molecule has 0 bridgehead atoms. The van der Waals surface area contributed by atoms with E-state index in [1.165, 1.54) is 205 Å². The van der Waals surface area contributed by atoms with Crippen LogP contribution in [0.5, 0.6) is 0 Å². The second-order valence-corrected chi connectivity index (χ2v) is 16.7. The number of rotatable bonds is 44. The van der Waals surface area contributed by atoms with Crippen LogP contribution in [0.25, 0.3) is 0 Å². The zero-order chi connectivity index (χ0) is 38.7. The molecule has 0 aromatic rings. The highest BCUT2D eigenvalue weighted by Crippen LogP contribution is 2.17. The fourth-order valence-electron chi connectivity index (χ4n) is 7.60. The van der Waals surface area contributed by atoms with Crippen LogP contribution in [0.15, 0.2) is 12.2 Å². The standard InChI is InChI=1S/C48H95NO4/c1-3-5-7-9-11-13-15-17-19-21-23-24-25-27-29-31-33-35-37-39-41-43-47(52)48(53)49-45(44-50)46(51)42-40-38-36-34-32-30-28-26-22-20-18-16-14-12-10-8-6-4-2/h25,27,45-47,50-52H,3-24,26,28-44H2,1-2H3,(H,49,53)/b27-25-. The first-order valence-corrected chi connectivity index (χ1v) is 24.0. The van der Waals surface area contributed by atoms with Crippen molar-refractivity contribution in [2.24, 2.45) is 0 Å². The highest BCUT2D eigenvalue weighted by molar-refractivity contribution is 5.80. The lowest BCUT2D eigenvalue weighted by molar-refractivity contribution is -0.131. The molecular formula is C48H95NO4. The molecule has 3 atom stereocenters. The van der Waals surface area contributed by atoms with Gasteiger partial charge in [0, 0.05) is 0 Å². The Morgan fingerprint density at radius 3 is 1.04 bits per heavy atom. The Labute approximate surface area is 331 Å². The monoisotopic (exact) mass is 750 g/mol. The Hall–Kier alpha value is -0.910. The fourth-order valence-corrected chi connectivity index (χ4v) is 7.60. The van der Waals surface area contributed by atoms with Gasteiger partial charge in [-0.25, -0.2) is 0 Å². The number of aliphatic hydroxyl groups excluding tert-OH is 3. The van der Waals surface area contributed by atoms with Crippen molar-refractivity contribution in [1.29, 1.82) is 0 Å². The van der Waals surface area contributed by atoms with Crippen molar-refractivity contribution in [2.45, 2.75) is 283 Å². The van der Waals surface area contributed by atoms with Crippen LogP contribution >= 0.6 is 0 Å². The maximum Gasteiger partial charge on any atom is 0.249 e. The largest absolute Gasteiger partial charge is 0.394 e. The number of unbranched alkanes of at least 4 members (excludes halogenated alkanes) is 34. The lowest BCUT2D eigenvalue weighted by Gasteiger charge is -2.23. The molecule has 0 aliphatic heterocycles. The third kappa shape index (κ3) is 39.1. The van der Waals surface area contributed by atoms with E-state index in [4.69, 9.17) is 0 Å². The summed E-state index contributed by atoms with van der Waals surface area (Å²) >= 11 is 0. The van der Waals surface area contributed by atoms with E-state index in [0.29, 0.717) is 12.8 Å². The van der Waals surface area contributed by atoms with E-state index < -0.39 is 24.2 Å². The Bertz CT molecular complexity index is 743. The van der Waals surface area contributed by atoms with E-state index in [0.717, 1.165) is 32.1 Å². The van der Waals surface area contributed by atoms with Crippen molar-refractivity contribution >= 4 is 5.91 Å². The van der Waals surface area contributed by atoms with Gasteiger partial charge >= 0.3 is 0 Å². The number of allylic oxidation sites excluding steroid dienone is 2. The van der Waals surface area contributed by atoms with Gasteiger partial charge < -0.3 is 20.6 Å². The van der Waals surface area contributed by atoms with E-state index >= 15 is 0 Å². The first-order valence-electron chi connectivity index (χ1n) is 24.0. The summed E-state index contributed by atoms with van der Waals surface area (Å²) in [6.07, 6.45) is 52.2. The summed E-state index contributed by atoms with van der Waals surface area (Å²) in [5.74, 6) is -0.471. The van der Waals surface area contributed by atoms with Crippen LogP contribution in [0.4, 0.5) is 0 Å². The van der Waals surface area contributed by atoms with E-state index in [9.17, 15) is 20.1 Å². The molecule has 53 heavy (non-hydrogen) atoms. The van der Waals surface area contributed by atoms with E-state index in [2.05, 4.69) is 31.3 Å². The zero-order valence-corrected chi connectivity index (χ0v) is 35.9. The van der Waals surface area contributed by atoms with Gasteiger partial charge in [0.2, 0.25) is 5.91 Å². The van der Waals surface area contributed by atoms with Gasteiger partial charge in [0.25, 0.3) is 0 Å². The number of carbonyl (C=O) groups excluding carboxylic acids is 1. The molecule has 0 aromatic carbocycles. The van der Waals surface area contributed by atoms with Crippen molar-refractivity contribution in [3.8, 4) is 0 Å². The molecule has 0 aliphatic rings. The molecule has 0 aliphatic carbocycles. The van der Waals surface area contributed by atoms with Crippen LogP contribution in [-0.4, -0.2) is 46.1 Å². The average Bonchev–Trinajstić information content (AvgIpc) is 3.16. The van der Waals surface area contributed by atoms with E-state index in [1.807, 2.05) is 0 Å². The van der Waals surface area contributed by atoms with Crippen molar-refractivity contribution in [3.05, 3.63) is 12.2 Å². The fraction of sp³-hybridized carbons (Fsp3) is 0.938. The highest BCUT2D eigenvalue weighted by Gasteiger charge is 2.23. The quantitative estimate of drug-likeness (QED) is 0.0369. The number of amides is 1. The molecule has 0 radical (unpaired) electrons. The van der Waals surface area contributed by atoms with Gasteiger partial charge in [-0.3, -0.25) is 4.79 Å².